The molecule has 1 aromatic carbocycles. The molecule has 2 rings (SSSR count). The Balaban J connectivity index is 2.12. The third kappa shape index (κ3) is 4.00. The molecule has 22 heavy (non-hydrogen) atoms. The fourth-order valence-corrected chi connectivity index (χ4v) is 2.17. The number of hydrogen-bond donors (Lipinski definition) is 3. The number of carbonyl (C=O) groups is 2. The van der Waals surface area contributed by atoms with Crippen LogP contribution in [-0.4, -0.2) is 33.8 Å². The number of alkyl carbamates (subject to hydrolysis) is 1. The van der Waals surface area contributed by atoms with Crippen molar-refractivity contribution < 1.29 is 19.4 Å². The van der Waals surface area contributed by atoms with E-state index >= 15 is 0 Å². The average Bonchev–Trinajstić information content (AvgIpc) is 2.79. The van der Waals surface area contributed by atoms with Gasteiger partial charge in [-0.15, -0.1) is 0 Å². The van der Waals surface area contributed by atoms with E-state index in [9.17, 15) is 14.7 Å². The molecule has 1 unspecified atom stereocenters. The summed E-state index contributed by atoms with van der Waals surface area (Å²) in [6.07, 6.45) is 1.20. The first-order chi connectivity index (χ1) is 10.3. The molecular weight excluding hydrogens is 284 g/mol. The predicted octanol–water partition coefficient (Wildman–Crippen LogP) is 2.69. The first kappa shape index (κ1) is 15.9. The van der Waals surface area contributed by atoms with Crippen LogP contribution in [0.1, 0.15) is 26.3 Å². The molecule has 0 fully saturated rings. The van der Waals surface area contributed by atoms with Gasteiger partial charge in [-0.3, -0.25) is 0 Å². The molecule has 6 heteroatoms. The summed E-state index contributed by atoms with van der Waals surface area (Å²) in [5.41, 5.74) is 1.09. The fourth-order valence-electron chi connectivity index (χ4n) is 2.17. The number of H-pyrrole nitrogens is 1. The van der Waals surface area contributed by atoms with Gasteiger partial charge in [0.15, 0.2) is 0 Å². The lowest BCUT2D eigenvalue weighted by Gasteiger charge is -2.21. The van der Waals surface area contributed by atoms with Crippen LogP contribution in [0, 0.1) is 0 Å². The number of hydrogen-bond acceptors (Lipinski definition) is 3. The van der Waals surface area contributed by atoms with E-state index in [1.165, 1.54) is 0 Å². The molecule has 3 N–H and O–H groups in total. The van der Waals surface area contributed by atoms with Crippen LogP contribution in [0.25, 0.3) is 10.9 Å². The summed E-state index contributed by atoms with van der Waals surface area (Å²) < 4.78 is 5.10. The number of aromatic nitrogens is 1. The van der Waals surface area contributed by atoms with E-state index in [4.69, 9.17) is 4.74 Å². The number of benzene rings is 1. The topological polar surface area (TPSA) is 91.4 Å². The van der Waals surface area contributed by atoms with E-state index in [0.29, 0.717) is 0 Å². The number of carboxylic acids is 1. The molecule has 1 heterocycles. The van der Waals surface area contributed by atoms with Crippen molar-refractivity contribution in [2.45, 2.75) is 38.8 Å². The number of aromatic amines is 1. The minimum atomic E-state index is -1.10. The quantitative estimate of drug-likeness (QED) is 0.810. The van der Waals surface area contributed by atoms with Gasteiger partial charge in [-0.25, -0.2) is 9.59 Å². The lowest BCUT2D eigenvalue weighted by Crippen LogP contribution is -2.44. The number of aliphatic carboxylic acids is 1. The second-order valence-electron chi connectivity index (χ2n) is 6.10. The van der Waals surface area contributed by atoms with Crippen molar-refractivity contribution in [1.82, 2.24) is 10.3 Å². The SMILES string of the molecule is CC(C)(C)OC(=O)NC(Cc1c[nH]c2ccccc12)C(=O)O. The Morgan fingerprint density at radius 3 is 2.64 bits per heavy atom. The van der Waals surface area contributed by atoms with Crippen molar-refractivity contribution in [3.8, 4) is 0 Å². The first-order valence-corrected chi connectivity index (χ1v) is 7.03. The van der Waals surface area contributed by atoms with Crippen molar-refractivity contribution in [3.05, 3.63) is 36.0 Å². The number of ether oxygens (including phenoxy) is 1. The molecule has 0 bridgehead atoms. The van der Waals surface area contributed by atoms with Gasteiger partial charge in [-0.05, 0) is 32.4 Å². The zero-order valence-corrected chi connectivity index (χ0v) is 12.8. The van der Waals surface area contributed by atoms with Crippen LogP contribution < -0.4 is 5.32 Å². The van der Waals surface area contributed by atoms with Crippen molar-refractivity contribution in [1.29, 1.82) is 0 Å². The van der Waals surface area contributed by atoms with Gasteiger partial charge in [-0.2, -0.15) is 0 Å². The van der Waals surface area contributed by atoms with E-state index in [2.05, 4.69) is 10.3 Å². The Morgan fingerprint density at radius 2 is 2.00 bits per heavy atom. The summed E-state index contributed by atoms with van der Waals surface area (Å²) in [4.78, 5) is 26.2. The summed E-state index contributed by atoms with van der Waals surface area (Å²) >= 11 is 0. The van der Waals surface area contributed by atoms with E-state index in [1.54, 1.807) is 27.0 Å². The number of fused-ring (bicyclic) bond motifs is 1. The summed E-state index contributed by atoms with van der Waals surface area (Å²) in [6.45, 7) is 5.17. The zero-order chi connectivity index (χ0) is 16.3. The molecule has 1 atom stereocenters. The monoisotopic (exact) mass is 304 g/mol. The average molecular weight is 304 g/mol. The Kier molecular flexibility index (Phi) is 4.40. The summed E-state index contributed by atoms with van der Waals surface area (Å²) in [5, 5.41) is 12.7. The Bertz CT molecular complexity index is 685. The summed E-state index contributed by atoms with van der Waals surface area (Å²) in [7, 11) is 0. The van der Waals surface area contributed by atoms with Gasteiger partial charge in [-0.1, -0.05) is 18.2 Å². The van der Waals surface area contributed by atoms with Crippen LogP contribution in [0.2, 0.25) is 0 Å². The molecule has 118 valence electrons. The Labute approximate surface area is 128 Å². The molecule has 0 saturated carbocycles. The number of para-hydroxylation sites is 1. The molecule has 2 aromatic rings. The fraction of sp³-hybridized carbons (Fsp3) is 0.375. The van der Waals surface area contributed by atoms with Crippen LogP contribution >= 0.6 is 0 Å². The van der Waals surface area contributed by atoms with Crippen LogP contribution in [0.15, 0.2) is 30.5 Å². The lowest BCUT2D eigenvalue weighted by molar-refractivity contribution is -0.139. The van der Waals surface area contributed by atoms with Gasteiger partial charge in [0.05, 0.1) is 0 Å². The molecule has 1 amide bonds. The van der Waals surface area contributed by atoms with Gasteiger partial charge in [0.2, 0.25) is 0 Å². The maximum atomic E-state index is 11.8. The maximum absolute atomic E-state index is 11.8. The molecule has 0 spiro atoms. The second-order valence-corrected chi connectivity index (χ2v) is 6.10. The van der Waals surface area contributed by atoms with Crippen molar-refractivity contribution >= 4 is 23.0 Å². The van der Waals surface area contributed by atoms with E-state index < -0.39 is 23.7 Å². The smallest absolute Gasteiger partial charge is 0.408 e. The van der Waals surface area contributed by atoms with Gasteiger partial charge >= 0.3 is 12.1 Å². The number of carbonyl (C=O) groups excluding carboxylic acids is 1. The van der Waals surface area contributed by atoms with Gasteiger partial charge in [0.1, 0.15) is 11.6 Å². The lowest BCUT2D eigenvalue weighted by atomic mass is 10.1. The standard InChI is InChI=1S/C16H20N2O4/c1-16(2,3)22-15(21)18-13(14(19)20)8-10-9-17-12-7-5-4-6-11(10)12/h4-7,9,13,17H,8H2,1-3H3,(H,18,21)(H,19,20). The third-order valence-electron chi connectivity index (χ3n) is 3.09. The predicted molar refractivity (Wildman–Crippen MR) is 82.8 cm³/mol. The number of nitrogens with one attached hydrogen (secondary N) is 2. The normalized spacial score (nSPS) is 12.9. The molecule has 0 radical (unpaired) electrons. The highest BCUT2D eigenvalue weighted by atomic mass is 16.6. The van der Waals surface area contributed by atoms with E-state index in [1.807, 2.05) is 24.3 Å². The van der Waals surface area contributed by atoms with Crippen LogP contribution in [0.5, 0.6) is 0 Å². The second kappa shape index (κ2) is 6.09. The van der Waals surface area contributed by atoms with Gasteiger partial charge in [0, 0.05) is 23.5 Å². The molecular formula is C16H20N2O4. The highest BCUT2D eigenvalue weighted by Crippen LogP contribution is 2.19. The molecule has 0 aliphatic rings. The van der Waals surface area contributed by atoms with Gasteiger partial charge in [0.25, 0.3) is 0 Å². The first-order valence-electron chi connectivity index (χ1n) is 7.03. The van der Waals surface area contributed by atoms with Crippen molar-refractivity contribution in [2.75, 3.05) is 0 Å². The molecule has 0 saturated heterocycles. The highest BCUT2D eigenvalue weighted by molar-refractivity contribution is 5.85. The molecule has 1 aromatic heterocycles. The largest absolute Gasteiger partial charge is 0.480 e. The van der Waals surface area contributed by atoms with Crippen LogP contribution in [0.4, 0.5) is 4.79 Å². The maximum Gasteiger partial charge on any atom is 0.408 e. The number of carboxylic acid groups (broad SMARTS) is 1. The number of amides is 1. The van der Waals surface area contributed by atoms with Crippen LogP contribution in [-0.2, 0) is 16.0 Å². The minimum Gasteiger partial charge on any atom is -0.480 e. The van der Waals surface area contributed by atoms with Crippen molar-refractivity contribution in [2.24, 2.45) is 0 Å². The zero-order valence-electron chi connectivity index (χ0n) is 12.8. The third-order valence-corrected chi connectivity index (χ3v) is 3.09. The van der Waals surface area contributed by atoms with Crippen LogP contribution in [0.3, 0.4) is 0 Å². The summed E-state index contributed by atoms with van der Waals surface area (Å²) in [5.74, 6) is -1.10. The molecule has 0 aliphatic heterocycles. The highest BCUT2D eigenvalue weighted by Gasteiger charge is 2.25. The molecule has 6 nitrogen and oxygen atoms in total. The van der Waals surface area contributed by atoms with E-state index in [0.717, 1.165) is 16.5 Å². The Morgan fingerprint density at radius 1 is 1.32 bits per heavy atom. The van der Waals surface area contributed by atoms with E-state index in [-0.39, 0.29) is 6.42 Å². The number of rotatable bonds is 4. The van der Waals surface area contributed by atoms with Crippen molar-refractivity contribution in [3.63, 3.8) is 0 Å². The minimum absolute atomic E-state index is 0.179. The summed E-state index contributed by atoms with van der Waals surface area (Å²) in [6, 6.07) is 6.56. The molecule has 0 aliphatic carbocycles. The van der Waals surface area contributed by atoms with Gasteiger partial charge < -0.3 is 20.1 Å². The Hall–Kier alpha value is -2.50.